The maximum Gasteiger partial charge on any atom is 0.407 e. The molecule has 0 radical (unpaired) electrons. The summed E-state index contributed by atoms with van der Waals surface area (Å²) in [7, 11) is 0. The summed E-state index contributed by atoms with van der Waals surface area (Å²) in [6.45, 7) is 12.9. The van der Waals surface area contributed by atoms with E-state index in [0.717, 1.165) is 0 Å². The minimum atomic E-state index is -1.07. The van der Waals surface area contributed by atoms with E-state index < -0.39 is 23.7 Å². The summed E-state index contributed by atoms with van der Waals surface area (Å²) < 4.78 is 5.11. The third kappa shape index (κ3) is 11.0. The fourth-order valence-electron chi connectivity index (χ4n) is 1.47. The Morgan fingerprint density at radius 3 is 2.43 bits per heavy atom. The molecule has 6 nitrogen and oxygen atoms in total. The smallest absolute Gasteiger partial charge is 0.407 e. The summed E-state index contributed by atoms with van der Waals surface area (Å²) in [5.41, 5.74) is 6.28. The van der Waals surface area contributed by atoms with Crippen molar-refractivity contribution in [3.05, 3.63) is 48.6 Å². The van der Waals surface area contributed by atoms with E-state index in [1.54, 1.807) is 45.1 Å². The number of hydrogen-bond donors (Lipinski definition) is 3. The van der Waals surface area contributed by atoms with Gasteiger partial charge in [-0.25, -0.2) is 4.79 Å². The number of carboxylic acids is 1. The Morgan fingerprint density at radius 2 is 1.96 bits per heavy atom. The van der Waals surface area contributed by atoms with E-state index in [-0.39, 0.29) is 13.0 Å². The second-order valence-corrected chi connectivity index (χ2v) is 5.97. The molecule has 0 bridgehead atoms. The third-order valence-electron chi connectivity index (χ3n) is 2.50. The van der Waals surface area contributed by atoms with Crippen LogP contribution in [0.5, 0.6) is 0 Å². The van der Waals surface area contributed by atoms with Crippen LogP contribution in [0.3, 0.4) is 0 Å². The molecule has 0 spiro atoms. The van der Waals surface area contributed by atoms with Crippen LogP contribution in [0, 0.1) is 0 Å². The van der Waals surface area contributed by atoms with Crippen LogP contribution in [0.15, 0.2) is 48.6 Å². The Hall–Kier alpha value is -2.34. The maximum atomic E-state index is 11.5. The van der Waals surface area contributed by atoms with Crippen LogP contribution >= 0.6 is 0 Å². The maximum absolute atomic E-state index is 11.5. The summed E-state index contributed by atoms with van der Waals surface area (Å²) in [6.07, 6.45) is 6.25. The summed E-state index contributed by atoms with van der Waals surface area (Å²) in [6, 6.07) is -0.987. The van der Waals surface area contributed by atoms with Crippen LogP contribution in [0.2, 0.25) is 0 Å². The lowest BCUT2D eigenvalue weighted by Crippen LogP contribution is -2.33. The molecule has 1 amide bonds. The Balaban J connectivity index is 4.52. The van der Waals surface area contributed by atoms with Gasteiger partial charge in [-0.3, -0.25) is 4.79 Å². The minimum Gasteiger partial charge on any atom is -0.480 e. The highest BCUT2D eigenvalue weighted by molar-refractivity contribution is 5.73. The van der Waals surface area contributed by atoms with E-state index in [1.807, 2.05) is 0 Å². The molecule has 0 heterocycles. The Morgan fingerprint density at radius 1 is 1.35 bits per heavy atom. The number of carbonyl (C=O) groups is 2. The quantitative estimate of drug-likeness (QED) is 0.596. The average Bonchev–Trinajstić information content (AvgIpc) is 2.40. The van der Waals surface area contributed by atoms with Gasteiger partial charge in [0.2, 0.25) is 0 Å². The summed E-state index contributed by atoms with van der Waals surface area (Å²) in [5.74, 6) is -1.07. The molecule has 0 rings (SSSR count). The fourth-order valence-corrected chi connectivity index (χ4v) is 1.47. The van der Waals surface area contributed by atoms with E-state index in [4.69, 9.17) is 15.6 Å². The molecule has 0 aromatic carbocycles. The number of carbonyl (C=O) groups excluding carboxylic acids is 1. The van der Waals surface area contributed by atoms with Crippen LogP contribution in [0.25, 0.3) is 0 Å². The van der Waals surface area contributed by atoms with E-state index in [1.165, 1.54) is 0 Å². The zero-order valence-electron chi connectivity index (χ0n) is 14.0. The lowest BCUT2D eigenvalue weighted by molar-refractivity contribution is -0.138. The van der Waals surface area contributed by atoms with Crippen LogP contribution in [-0.2, 0) is 9.53 Å². The number of ether oxygens (including phenoxy) is 1. The number of amides is 1. The number of rotatable bonds is 8. The number of nitrogens with one attached hydrogen (secondary N) is 1. The van der Waals surface area contributed by atoms with Crippen molar-refractivity contribution in [3.8, 4) is 0 Å². The zero-order chi connectivity index (χ0) is 18.0. The highest BCUT2D eigenvalue weighted by Crippen LogP contribution is 2.09. The number of aliphatic carboxylic acids is 1. The molecule has 1 unspecified atom stereocenters. The molecule has 128 valence electrons. The summed E-state index contributed by atoms with van der Waals surface area (Å²) in [5, 5.41) is 11.4. The molecule has 0 aliphatic heterocycles. The molecule has 0 aromatic rings. The number of carboxylic acid groups (broad SMARTS) is 1. The molecule has 0 aliphatic rings. The van der Waals surface area contributed by atoms with Gasteiger partial charge < -0.3 is 20.9 Å². The average molecular weight is 322 g/mol. The van der Waals surface area contributed by atoms with Crippen molar-refractivity contribution >= 4 is 12.1 Å². The van der Waals surface area contributed by atoms with Crippen molar-refractivity contribution in [1.29, 1.82) is 0 Å². The molecule has 0 fully saturated rings. The van der Waals surface area contributed by atoms with Crippen molar-refractivity contribution in [2.75, 3.05) is 6.54 Å². The Kier molecular flexibility index (Phi) is 8.65. The van der Waals surface area contributed by atoms with Crippen molar-refractivity contribution in [1.82, 2.24) is 5.32 Å². The first-order chi connectivity index (χ1) is 10.5. The second-order valence-electron chi connectivity index (χ2n) is 5.97. The molecule has 1 atom stereocenters. The van der Waals surface area contributed by atoms with Gasteiger partial charge in [-0.1, -0.05) is 37.5 Å². The van der Waals surface area contributed by atoms with Gasteiger partial charge in [0.1, 0.15) is 11.6 Å². The first-order valence-electron chi connectivity index (χ1n) is 7.18. The Labute approximate surface area is 137 Å². The molecule has 0 aliphatic carbocycles. The molecule has 0 aromatic heterocycles. The van der Waals surface area contributed by atoms with E-state index in [0.29, 0.717) is 11.1 Å². The standard InChI is InChI=1S/C17H26N2O4/c1-6-7-13(10-14(18)15(20)21)9-8-12(2)11-19-16(22)23-17(3,4)5/h6-9,14H,1-2,10-11,18H2,3-5H3,(H,19,22)(H,20,21)/b9-8-,13-7+. The largest absolute Gasteiger partial charge is 0.480 e. The normalized spacial score (nSPS) is 13.5. The first kappa shape index (κ1) is 20.7. The van der Waals surface area contributed by atoms with Crippen molar-refractivity contribution in [2.24, 2.45) is 5.73 Å². The highest BCUT2D eigenvalue weighted by atomic mass is 16.6. The van der Waals surface area contributed by atoms with Crippen LogP contribution in [0.1, 0.15) is 27.2 Å². The molecule has 6 heteroatoms. The van der Waals surface area contributed by atoms with Crippen molar-refractivity contribution in [2.45, 2.75) is 38.8 Å². The summed E-state index contributed by atoms with van der Waals surface area (Å²) in [4.78, 5) is 22.3. The van der Waals surface area contributed by atoms with Gasteiger partial charge in [-0.15, -0.1) is 0 Å². The first-order valence-corrected chi connectivity index (χ1v) is 7.18. The van der Waals surface area contributed by atoms with Gasteiger partial charge >= 0.3 is 12.1 Å². The monoisotopic (exact) mass is 322 g/mol. The molecule has 0 saturated carbocycles. The molecule has 23 heavy (non-hydrogen) atoms. The van der Waals surface area contributed by atoms with Crippen LogP contribution in [-0.4, -0.2) is 35.4 Å². The lowest BCUT2D eigenvalue weighted by atomic mass is 10.0. The predicted octanol–water partition coefficient (Wildman–Crippen LogP) is 2.54. The van der Waals surface area contributed by atoms with E-state index in [9.17, 15) is 9.59 Å². The summed E-state index contributed by atoms with van der Waals surface area (Å²) >= 11 is 0. The topological polar surface area (TPSA) is 102 Å². The Bertz CT molecular complexity index is 513. The lowest BCUT2D eigenvalue weighted by Gasteiger charge is -2.19. The number of hydrogen-bond acceptors (Lipinski definition) is 4. The third-order valence-corrected chi connectivity index (χ3v) is 2.50. The van der Waals surface area contributed by atoms with E-state index >= 15 is 0 Å². The number of nitrogens with two attached hydrogens (primary N) is 1. The van der Waals surface area contributed by atoms with Gasteiger partial charge in [0.15, 0.2) is 0 Å². The molecule has 0 saturated heterocycles. The van der Waals surface area contributed by atoms with Gasteiger partial charge in [0.25, 0.3) is 0 Å². The van der Waals surface area contributed by atoms with Crippen LogP contribution in [0.4, 0.5) is 4.79 Å². The van der Waals surface area contributed by atoms with Gasteiger partial charge in [-0.05, 0) is 38.3 Å². The zero-order valence-corrected chi connectivity index (χ0v) is 14.0. The van der Waals surface area contributed by atoms with E-state index in [2.05, 4.69) is 18.5 Å². The number of allylic oxidation sites excluding steroid dienone is 3. The fraction of sp³-hybridized carbons (Fsp3) is 0.412. The SMILES string of the molecule is C=C/C=C(\C=C/C(=C)CNC(=O)OC(C)(C)C)CC(N)C(=O)O. The van der Waals surface area contributed by atoms with Crippen LogP contribution < -0.4 is 11.1 Å². The second kappa shape index (κ2) is 9.63. The van der Waals surface area contributed by atoms with Gasteiger partial charge in [-0.2, -0.15) is 0 Å². The molecular formula is C17H26N2O4. The van der Waals surface area contributed by atoms with Gasteiger partial charge in [0, 0.05) is 6.54 Å². The molecule has 4 N–H and O–H groups in total. The number of alkyl carbamates (subject to hydrolysis) is 1. The van der Waals surface area contributed by atoms with Gasteiger partial charge in [0.05, 0.1) is 0 Å². The highest BCUT2D eigenvalue weighted by Gasteiger charge is 2.15. The molecular weight excluding hydrogens is 296 g/mol. The van der Waals surface area contributed by atoms with Crippen molar-refractivity contribution in [3.63, 3.8) is 0 Å². The minimum absolute atomic E-state index is 0.171. The van der Waals surface area contributed by atoms with Crippen molar-refractivity contribution < 1.29 is 19.4 Å². The predicted molar refractivity (Wildman–Crippen MR) is 91.0 cm³/mol.